The number of aryl methyl sites for hydroxylation is 1. The topological polar surface area (TPSA) is 25.4 Å². The second-order valence-electron chi connectivity index (χ2n) is 2.96. The van der Waals surface area contributed by atoms with E-state index in [0.29, 0.717) is 6.10 Å². The number of pyridine rings is 1. The molecule has 1 aromatic rings. The number of nitrogens with zero attached hydrogens (tertiary/aromatic N) is 1. The van der Waals surface area contributed by atoms with Crippen LogP contribution in [-0.4, -0.2) is 17.7 Å². The molecule has 0 spiro atoms. The summed E-state index contributed by atoms with van der Waals surface area (Å²) in [5.74, 6) is 0. The van der Waals surface area contributed by atoms with Gasteiger partial charge in [-0.05, 0) is 24.6 Å². The number of hydrogen-bond donors (Lipinski definition) is 0. The van der Waals surface area contributed by atoms with Crippen LogP contribution in [0.2, 0.25) is 0 Å². The van der Waals surface area contributed by atoms with Gasteiger partial charge in [0.25, 0.3) is 0 Å². The van der Waals surface area contributed by atoms with Gasteiger partial charge in [0, 0.05) is 18.3 Å². The minimum atomic E-state index is 0.483. The third-order valence-corrected chi connectivity index (χ3v) is 1.83. The van der Waals surface area contributed by atoms with Gasteiger partial charge in [0.05, 0.1) is 12.7 Å². The lowest BCUT2D eigenvalue weighted by atomic mass is 10.1. The van der Waals surface area contributed by atoms with Crippen LogP contribution in [0.5, 0.6) is 0 Å². The summed E-state index contributed by atoms with van der Waals surface area (Å²) in [6.07, 6.45) is 3.38. The highest BCUT2D eigenvalue weighted by Crippen LogP contribution is 2.15. The van der Waals surface area contributed by atoms with Crippen molar-refractivity contribution in [3.8, 4) is 0 Å². The van der Waals surface area contributed by atoms with Gasteiger partial charge in [-0.15, -0.1) is 0 Å². The molecule has 11 heavy (non-hydrogen) atoms. The molecule has 2 nitrogen and oxygen atoms in total. The Morgan fingerprint density at radius 1 is 1.73 bits per heavy atom. The van der Waals surface area contributed by atoms with Gasteiger partial charge >= 0.3 is 0 Å². The van der Waals surface area contributed by atoms with E-state index in [1.165, 1.54) is 5.56 Å². The summed E-state index contributed by atoms with van der Waals surface area (Å²) in [6.45, 7) is 2.94. The molecule has 58 valence electrons. The maximum Gasteiger partial charge on any atom is 0.0850 e. The molecule has 1 saturated heterocycles. The summed E-state index contributed by atoms with van der Waals surface area (Å²) in [7, 11) is 0. The van der Waals surface area contributed by atoms with E-state index in [0.717, 1.165) is 18.7 Å². The molecule has 1 atom stereocenters. The minimum absolute atomic E-state index is 0.483. The summed E-state index contributed by atoms with van der Waals surface area (Å²) in [5, 5.41) is 0. The number of rotatable bonds is 2. The zero-order valence-corrected chi connectivity index (χ0v) is 6.58. The summed E-state index contributed by atoms with van der Waals surface area (Å²) in [4.78, 5) is 4.13. The van der Waals surface area contributed by atoms with E-state index in [1.54, 1.807) is 0 Å². The normalized spacial score (nSPS) is 21.7. The van der Waals surface area contributed by atoms with Gasteiger partial charge in [0.2, 0.25) is 0 Å². The zero-order valence-electron chi connectivity index (χ0n) is 6.58. The van der Waals surface area contributed by atoms with Gasteiger partial charge in [-0.2, -0.15) is 0 Å². The van der Waals surface area contributed by atoms with Crippen LogP contribution >= 0.6 is 0 Å². The fourth-order valence-electron chi connectivity index (χ4n) is 1.18. The molecule has 0 aliphatic carbocycles. The Morgan fingerprint density at radius 2 is 2.55 bits per heavy atom. The highest BCUT2D eigenvalue weighted by atomic mass is 16.6. The molecule has 0 bridgehead atoms. The van der Waals surface area contributed by atoms with E-state index in [-0.39, 0.29) is 0 Å². The molecule has 2 heteroatoms. The monoisotopic (exact) mass is 149 g/mol. The predicted molar refractivity (Wildman–Crippen MR) is 42.4 cm³/mol. The van der Waals surface area contributed by atoms with Crippen molar-refractivity contribution in [1.82, 2.24) is 4.98 Å². The van der Waals surface area contributed by atoms with Crippen LogP contribution in [0.3, 0.4) is 0 Å². The van der Waals surface area contributed by atoms with Crippen LogP contribution in [0.25, 0.3) is 0 Å². The summed E-state index contributed by atoms with van der Waals surface area (Å²) in [5.41, 5.74) is 2.42. The minimum Gasteiger partial charge on any atom is -0.373 e. The van der Waals surface area contributed by atoms with Crippen LogP contribution in [0.15, 0.2) is 18.3 Å². The molecule has 0 aromatic carbocycles. The van der Waals surface area contributed by atoms with Crippen molar-refractivity contribution < 1.29 is 4.74 Å². The van der Waals surface area contributed by atoms with Crippen LogP contribution < -0.4 is 0 Å². The maximum absolute atomic E-state index is 5.13. The van der Waals surface area contributed by atoms with Gasteiger partial charge in [-0.3, -0.25) is 4.98 Å². The van der Waals surface area contributed by atoms with Crippen molar-refractivity contribution in [3.63, 3.8) is 0 Å². The van der Waals surface area contributed by atoms with Crippen molar-refractivity contribution in [2.45, 2.75) is 19.4 Å². The quantitative estimate of drug-likeness (QED) is 0.593. The third kappa shape index (κ3) is 1.77. The van der Waals surface area contributed by atoms with E-state index >= 15 is 0 Å². The lowest BCUT2D eigenvalue weighted by Gasteiger charge is -1.97. The largest absolute Gasteiger partial charge is 0.373 e. The molecular weight excluding hydrogens is 138 g/mol. The van der Waals surface area contributed by atoms with Gasteiger partial charge in [-0.1, -0.05) is 0 Å². The number of ether oxygens (including phenoxy) is 1. The Balaban J connectivity index is 2.10. The van der Waals surface area contributed by atoms with Crippen molar-refractivity contribution in [2.75, 3.05) is 6.61 Å². The molecule has 1 aliphatic heterocycles. The van der Waals surface area contributed by atoms with Crippen LogP contribution in [0, 0.1) is 6.92 Å². The van der Waals surface area contributed by atoms with E-state index in [2.05, 4.69) is 17.1 Å². The molecule has 0 amide bonds. The standard InChI is InChI=1S/C9H11NO/c1-7-4-8(2-3-10-7)5-9-6-11-9/h2-4,9H,5-6H2,1H3. The smallest absolute Gasteiger partial charge is 0.0850 e. The average molecular weight is 149 g/mol. The molecular formula is C9H11NO. The van der Waals surface area contributed by atoms with E-state index in [1.807, 2.05) is 13.1 Å². The first-order valence-electron chi connectivity index (χ1n) is 3.88. The van der Waals surface area contributed by atoms with Crippen molar-refractivity contribution in [1.29, 1.82) is 0 Å². The van der Waals surface area contributed by atoms with Crippen molar-refractivity contribution in [3.05, 3.63) is 29.6 Å². The molecule has 0 radical (unpaired) electrons. The first-order valence-corrected chi connectivity index (χ1v) is 3.88. The fourth-order valence-corrected chi connectivity index (χ4v) is 1.18. The maximum atomic E-state index is 5.13. The number of epoxide rings is 1. The van der Waals surface area contributed by atoms with E-state index < -0.39 is 0 Å². The molecule has 1 aromatic heterocycles. The average Bonchev–Trinajstić information content (AvgIpc) is 2.71. The summed E-state index contributed by atoms with van der Waals surface area (Å²) >= 11 is 0. The SMILES string of the molecule is Cc1cc(CC2CO2)ccn1. The number of aromatic nitrogens is 1. The lowest BCUT2D eigenvalue weighted by molar-refractivity contribution is 0.407. The molecule has 1 fully saturated rings. The van der Waals surface area contributed by atoms with Crippen LogP contribution in [-0.2, 0) is 11.2 Å². The lowest BCUT2D eigenvalue weighted by Crippen LogP contribution is -1.93. The fraction of sp³-hybridized carbons (Fsp3) is 0.444. The molecule has 1 aliphatic rings. The third-order valence-electron chi connectivity index (χ3n) is 1.83. The highest BCUT2D eigenvalue weighted by Gasteiger charge is 2.22. The van der Waals surface area contributed by atoms with Gasteiger partial charge < -0.3 is 4.74 Å². The predicted octanol–water partition coefficient (Wildman–Crippen LogP) is 1.33. The summed E-state index contributed by atoms with van der Waals surface area (Å²) in [6, 6.07) is 4.16. The van der Waals surface area contributed by atoms with Gasteiger partial charge in [-0.25, -0.2) is 0 Å². The second kappa shape index (κ2) is 2.62. The molecule has 2 heterocycles. The van der Waals surface area contributed by atoms with E-state index in [9.17, 15) is 0 Å². The number of hydrogen-bond acceptors (Lipinski definition) is 2. The Kier molecular flexibility index (Phi) is 1.62. The summed E-state index contributed by atoms with van der Waals surface area (Å²) < 4.78 is 5.13. The Labute approximate surface area is 66.2 Å². The molecule has 0 saturated carbocycles. The van der Waals surface area contributed by atoms with E-state index in [4.69, 9.17) is 4.74 Å². The Hall–Kier alpha value is -0.890. The van der Waals surface area contributed by atoms with Gasteiger partial charge in [0.15, 0.2) is 0 Å². The Bertz CT molecular complexity index is 255. The second-order valence-corrected chi connectivity index (χ2v) is 2.96. The molecule has 0 N–H and O–H groups in total. The van der Waals surface area contributed by atoms with Crippen LogP contribution in [0.4, 0.5) is 0 Å². The van der Waals surface area contributed by atoms with Gasteiger partial charge in [0.1, 0.15) is 0 Å². The van der Waals surface area contributed by atoms with Crippen molar-refractivity contribution >= 4 is 0 Å². The highest BCUT2D eigenvalue weighted by molar-refractivity contribution is 5.16. The first-order chi connectivity index (χ1) is 5.34. The molecule has 1 unspecified atom stereocenters. The Morgan fingerprint density at radius 3 is 3.18 bits per heavy atom. The first kappa shape index (κ1) is 6.80. The molecule has 2 rings (SSSR count). The van der Waals surface area contributed by atoms with Crippen molar-refractivity contribution in [2.24, 2.45) is 0 Å². The van der Waals surface area contributed by atoms with Crippen LogP contribution in [0.1, 0.15) is 11.3 Å². The zero-order chi connectivity index (χ0) is 7.68.